The molecule has 3 aromatic carbocycles. The highest BCUT2D eigenvalue weighted by atomic mass is 35.5. The smallest absolute Gasteiger partial charge is 0.411 e. The maximum atomic E-state index is 13.7. The van der Waals surface area contributed by atoms with Crippen molar-refractivity contribution in [1.29, 1.82) is 0 Å². The van der Waals surface area contributed by atoms with Gasteiger partial charge in [-0.3, -0.25) is 9.69 Å². The Kier molecular flexibility index (Phi) is 7.10. The molecule has 2 amide bonds. The number of anilines is 1. The molecule has 0 bridgehead atoms. The average Bonchev–Trinajstić information content (AvgIpc) is 2.75. The summed E-state index contributed by atoms with van der Waals surface area (Å²) in [7, 11) is 0. The molecule has 0 aliphatic rings. The van der Waals surface area contributed by atoms with E-state index in [9.17, 15) is 19.1 Å². The van der Waals surface area contributed by atoms with Gasteiger partial charge in [0.1, 0.15) is 17.3 Å². The molecule has 6 nitrogen and oxygen atoms in total. The van der Waals surface area contributed by atoms with Crippen molar-refractivity contribution in [3.63, 3.8) is 0 Å². The number of nitrogens with one attached hydrogen (secondary N) is 1. The molecule has 2 N–H and O–H groups in total. The predicted octanol–water partition coefficient (Wildman–Crippen LogP) is 5.71. The lowest BCUT2D eigenvalue weighted by Gasteiger charge is -2.20. The summed E-state index contributed by atoms with van der Waals surface area (Å²) in [6, 6.07) is 17.6. The van der Waals surface area contributed by atoms with Gasteiger partial charge in [0, 0.05) is 13.1 Å². The number of para-hydroxylation sites is 1. The molecule has 0 aliphatic heterocycles. The molecule has 0 aromatic heterocycles. The van der Waals surface area contributed by atoms with Gasteiger partial charge in [-0.2, -0.15) is 0 Å². The van der Waals surface area contributed by atoms with Crippen LogP contribution in [-0.2, 0) is 6.54 Å². The number of hydrogen-bond acceptors (Lipinski definition) is 3. The molecular formula is C23H20ClFN2O4. The standard InChI is InChI=1S/C23H20ClFN2O4/c1-2-27(23(29)30)20-13-16(25)9-10-18(20)22(28)26-14-15-8-11-19(24)21(12-15)31-17-6-4-3-5-7-17/h3-13H,2,14H2,1H3,(H,26,28)(H,29,30). The monoisotopic (exact) mass is 442 g/mol. The van der Waals surface area contributed by atoms with Crippen molar-refractivity contribution in [2.45, 2.75) is 13.5 Å². The van der Waals surface area contributed by atoms with E-state index in [0.29, 0.717) is 16.5 Å². The molecule has 0 spiro atoms. The van der Waals surface area contributed by atoms with Crippen LogP contribution in [0.5, 0.6) is 11.5 Å². The van der Waals surface area contributed by atoms with Gasteiger partial charge >= 0.3 is 6.09 Å². The number of rotatable bonds is 7. The van der Waals surface area contributed by atoms with Crippen LogP contribution in [0.15, 0.2) is 66.7 Å². The predicted molar refractivity (Wildman–Crippen MR) is 117 cm³/mol. The molecule has 0 unspecified atom stereocenters. The maximum absolute atomic E-state index is 13.7. The first kappa shape index (κ1) is 22.1. The Balaban J connectivity index is 1.77. The van der Waals surface area contributed by atoms with Crippen LogP contribution in [0, 0.1) is 5.82 Å². The number of carbonyl (C=O) groups excluding carboxylic acids is 1. The molecule has 3 aromatic rings. The molecule has 0 fully saturated rings. The molecule has 31 heavy (non-hydrogen) atoms. The molecule has 160 valence electrons. The number of carboxylic acid groups (broad SMARTS) is 1. The number of halogens is 2. The van der Waals surface area contributed by atoms with Crippen molar-refractivity contribution in [2.24, 2.45) is 0 Å². The minimum absolute atomic E-state index is 0.0169. The van der Waals surface area contributed by atoms with Crippen molar-refractivity contribution >= 4 is 29.3 Å². The van der Waals surface area contributed by atoms with Crippen molar-refractivity contribution in [3.8, 4) is 11.5 Å². The molecule has 3 rings (SSSR count). The van der Waals surface area contributed by atoms with Crippen LogP contribution in [0.25, 0.3) is 0 Å². The van der Waals surface area contributed by atoms with Crippen LogP contribution in [0.1, 0.15) is 22.8 Å². The van der Waals surface area contributed by atoms with Gasteiger partial charge in [-0.25, -0.2) is 9.18 Å². The molecule has 0 saturated carbocycles. The molecule has 0 heterocycles. The van der Waals surface area contributed by atoms with Gasteiger partial charge in [0.25, 0.3) is 5.91 Å². The zero-order valence-electron chi connectivity index (χ0n) is 16.6. The number of hydrogen-bond donors (Lipinski definition) is 2. The van der Waals surface area contributed by atoms with E-state index in [4.69, 9.17) is 16.3 Å². The Bertz CT molecular complexity index is 1090. The molecule has 0 radical (unpaired) electrons. The SMILES string of the molecule is CCN(C(=O)O)c1cc(F)ccc1C(=O)NCc1ccc(Cl)c(Oc2ccccc2)c1. The minimum atomic E-state index is -1.28. The van der Waals surface area contributed by atoms with Crippen LogP contribution in [0.4, 0.5) is 14.9 Å². The summed E-state index contributed by atoms with van der Waals surface area (Å²) in [5.74, 6) is -0.109. The van der Waals surface area contributed by atoms with E-state index in [2.05, 4.69) is 5.32 Å². The van der Waals surface area contributed by atoms with Gasteiger partial charge in [0.2, 0.25) is 0 Å². The summed E-state index contributed by atoms with van der Waals surface area (Å²) in [5, 5.41) is 12.5. The van der Waals surface area contributed by atoms with Gasteiger partial charge in [-0.1, -0.05) is 35.9 Å². The van der Waals surface area contributed by atoms with Crippen molar-refractivity contribution in [2.75, 3.05) is 11.4 Å². The highest BCUT2D eigenvalue weighted by Gasteiger charge is 2.21. The van der Waals surface area contributed by atoms with Gasteiger partial charge in [-0.15, -0.1) is 0 Å². The Morgan fingerprint density at radius 2 is 1.84 bits per heavy atom. The number of carbonyl (C=O) groups is 2. The lowest BCUT2D eigenvalue weighted by Crippen LogP contribution is -2.32. The second kappa shape index (κ2) is 9.95. The first-order valence-electron chi connectivity index (χ1n) is 9.48. The van der Waals surface area contributed by atoms with Crippen LogP contribution in [0.3, 0.4) is 0 Å². The largest absolute Gasteiger partial charge is 0.465 e. The van der Waals surface area contributed by atoms with E-state index in [-0.39, 0.29) is 24.3 Å². The molecule has 0 saturated heterocycles. The van der Waals surface area contributed by atoms with Crippen molar-refractivity contribution < 1.29 is 23.8 Å². The highest BCUT2D eigenvalue weighted by Crippen LogP contribution is 2.30. The van der Waals surface area contributed by atoms with Gasteiger partial charge in [-0.05, 0) is 55.0 Å². The summed E-state index contributed by atoms with van der Waals surface area (Å²) < 4.78 is 19.5. The number of amides is 2. The molecule has 8 heteroatoms. The topological polar surface area (TPSA) is 78.9 Å². The van der Waals surface area contributed by atoms with E-state index in [1.165, 1.54) is 6.07 Å². The minimum Gasteiger partial charge on any atom is -0.465 e. The Hall–Kier alpha value is -3.58. The first-order chi connectivity index (χ1) is 14.9. The maximum Gasteiger partial charge on any atom is 0.411 e. The van der Waals surface area contributed by atoms with Gasteiger partial charge in [0.15, 0.2) is 0 Å². The summed E-state index contributed by atoms with van der Waals surface area (Å²) >= 11 is 6.21. The quantitative estimate of drug-likeness (QED) is 0.491. The fourth-order valence-corrected chi connectivity index (χ4v) is 3.11. The highest BCUT2D eigenvalue weighted by molar-refractivity contribution is 6.32. The molecular weight excluding hydrogens is 423 g/mol. The summed E-state index contributed by atoms with van der Waals surface area (Å²) in [6.45, 7) is 1.80. The van der Waals surface area contributed by atoms with E-state index >= 15 is 0 Å². The average molecular weight is 443 g/mol. The van der Waals surface area contributed by atoms with Gasteiger partial charge in [0.05, 0.1) is 16.3 Å². The normalized spacial score (nSPS) is 10.4. The third-order valence-corrected chi connectivity index (χ3v) is 4.77. The Morgan fingerprint density at radius 1 is 1.10 bits per heavy atom. The Labute approximate surface area is 183 Å². The van der Waals surface area contributed by atoms with Crippen molar-refractivity contribution in [1.82, 2.24) is 5.32 Å². The van der Waals surface area contributed by atoms with E-state index < -0.39 is 17.8 Å². The second-order valence-corrected chi connectivity index (χ2v) is 6.96. The summed E-state index contributed by atoms with van der Waals surface area (Å²) in [6.07, 6.45) is -1.28. The summed E-state index contributed by atoms with van der Waals surface area (Å²) in [5.41, 5.74) is 0.759. The molecule has 0 atom stereocenters. The van der Waals surface area contributed by atoms with E-state index in [0.717, 1.165) is 22.6 Å². The van der Waals surface area contributed by atoms with Crippen LogP contribution >= 0.6 is 11.6 Å². The lowest BCUT2D eigenvalue weighted by molar-refractivity contribution is 0.0951. The van der Waals surface area contributed by atoms with Crippen LogP contribution in [0.2, 0.25) is 5.02 Å². The number of benzene rings is 3. The third kappa shape index (κ3) is 5.52. The fourth-order valence-electron chi connectivity index (χ4n) is 2.96. The third-order valence-electron chi connectivity index (χ3n) is 4.46. The first-order valence-corrected chi connectivity index (χ1v) is 9.86. The lowest BCUT2D eigenvalue weighted by atomic mass is 10.1. The van der Waals surface area contributed by atoms with Crippen LogP contribution in [-0.4, -0.2) is 23.7 Å². The Morgan fingerprint density at radius 3 is 2.52 bits per heavy atom. The van der Waals surface area contributed by atoms with Crippen molar-refractivity contribution in [3.05, 3.63) is 88.7 Å². The van der Waals surface area contributed by atoms with Crippen LogP contribution < -0.4 is 15.0 Å². The van der Waals surface area contributed by atoms with E-state index in [1.54, 1.807) is 37.3 Å². The zero-order chi connectivity index (χ0) is 22.4. The van der Waals surface area contributed by atoms with Gasteiger partial charge < -0.3 is 15.2 Å². The summed E-state index contributed by atoms with van der Waals surface area (Å²) in [4.78, 5) is 25.1. The number of ether oxygens (including phenoxy) is 1. The molecule has 0 aliphatic carbocycles. The second-order valence-electron chi connectivity index (χ2n) is 6.55. The van der Waals surface area contributed by atoms with E-state index in [1.807, 2.05) is 18.2 Å². The zero-order valence-corrected chi connectivity index (χ0v) is 17.4. The number of nitrogens with zero attached hydrogens (tertiary/aromatic N) is 1. The fraction of sp³-hybridized carbons (Fsp3) is 0.130.